The van der Waals surface area contributed by atoms with Gasteiger partial charge in [0.05, 0.1) is 17.6 Å². The van der Waals surface area contributed by atoms with Gasteiger partial charge in [-0.1, -0.05) is 0 Å². The van der Waals surface area contributed by atoms with Crippen LogP contribution in [0.2, 0.25) is 0 Å². The second-order valence-corrected chi connectivity index (χ2v) is 4.41. The molecule has 1 aliphatic heterocycles. The lowest BCUT2D eigenvalue weighted by Crippen LogP contribution is -2.29. The minimum absolute atomic E-state index is 0.719. The van der Waals surface area contributed by atoms with Crippen molar-refractivity contribution < 1.29 is 4.74 Å². The zero-order chi connectivity index (χ0) is 11.4. The molecule has 0 spiro atoms. The van der Waals surface area contributed by atoms with E-state index >= 15 is 0 Å². The van der Waals surface area contributed by atoms with Crippen molar-refractivity contribution in [3.63, 3.8) is 0 Å². The second-order valence-electron chi connectivity index (χ2n) is 4.41. The minimum Gasteiger partial charge on any atom is -0.397 e. The van der Waals surface area contributed by atoms with Crippen LogP contribution in [0.5, 0.6) is 0 Å². The van der Waals surface area contributed by atoms with Crippen molar-refractivity contribution >= 4 is 11.4 Å². The molecule has 2 N–H and O–H groups in total. The quantitative estimate of drug-likeness (QED) is 0.841. The number of hydrogen-bond acceptors (Lipinski definition) is 4. The van der Waals surface area contributed by atoms with Crippen LogP contribution < -0.4 is 10.6 Å². The molecule has 0 aliphatic carbocycles. The SMILES string of the molecule is CN(CC1CCOCC1)c1cncc(N)c1. The van der Waals surface area contributed by atoms with E-state index in [1.54, 1.807) is 6.20 Å². The maximum atomic E-state index is 5.72. The van der Waals surface area contributed by atoms with Gasteiger partial charge in [0, 0.05) is 33.0 Å². The smallest absolute Gasteiger partial charge is 0.0570 e. The first-order valence-corrected chi connectivity index (χ1v) is 5.75. The van der Waals surface area contributed by atoms with Crippen LogP contribution in [-0.2, 0) is 4.74 Å². The van der Waals surface area contributed by atoms with Crippen LogP contribution >= 0.6 is 0 Å². The average Bonchev–Trinajstić information content (AvgIpc) is 2.30. The normalized spacial score (nSPS) is 17.3. The van der Waals surface area contributed by atoms with Crippen molar-refractivity contribution in [2.75, 3.05) is 37.4 Å². The molecule has 0 radical (unpaired) electrons. The Morgan fingerprint density at radius 1 is 1.44 bits per heavy atom. The molecule has 4 nitrogen and oxygen atoms in total. The van der Waals surface area contributed by atoms with Gasteiger partial charge in [-0.3, -0.25) is 4.98 Å². The molecule has 1 saturated heterocycles. The zero-order valence-electron chi connectivity index (χ0n) is 9.72. The number of rotatable bonds is 3. The molecular weight excluding hydrogens is 202 g/mol. The molecule has 0 atom stereocenters. The number of hydrogen-bond donors (Lipinski definition) is 1. The highest BCUT2D eigenvalue weighted by Crippen LogP contribution is 2.20. The lowest BCUT2D eigenvalue weighted by Gasteiger charge is -2.28. The number of anilines is 2. The Kier molecular flexibility index (Phi) is 3.62. The van der Waals surface area contributed by atoms with E-state index in [0.717, 1.165) is 49.9 Å². The molecule has 0 saturated carbocycles. The van der Waals surface area contributed by atoms with Crippen molar-refractivity contribution in [1.29, 1.82) is 0 Å². The van der Waals surface area contributed by atoms with Gasteiger partial charge in [-0.15, -0.1) is 0 Å². The van der Waals surface area contributed by atoms with Crippen LogP contribution in [0.4, 0.5) is 11.4 Å². The summed E-state index contributed by atoms with van der Waals surface area (Å²) in [6, 6.07) is 1.96. The fraction of sp³-hybridized carbons (Fsp3) is 0.583. The first-order chi connectivity index (χ1) is 7.75. The van der Waals surface area contributed by atoms with Gasteiger partial charge < -0.3 is 15.4 Å². The number of nitrogens with two attached hydrogens (primary N) is 1. The van der Waals surface area contributed by atoms with Crippen molar-refractivity contribution in [3.05, 3.63) is 18.5 Å². The molecule has 1 fully saturated rings. The monoisotopic (exact) mass is 221 g/mol. The minimum atomic E-state index is 0.719. The van der Waals surface area contributed by atoms with E-state index in [9.17, 15) is 0 Å². The van der Waals surface area contributed by atoms with E-state index in [4.69, 9.17) is 10.5 Å². The highest BCUT2D eigenvalue weighted by molar-refractivity contribution is 5.52. The lowest BCUT2D eigenvalue weighted by molar-refractivity contribution is 0.0685. The standard InChI is InChI=1S/C12H19N3O/c1-15(9-10-2-4-16-5-3-10)12-6-11(13)7-14-8-12/h6-8,10H,2-5,9,13H2,1H3. The largest absolute Gasteiger partial charge is 0.397 e. The van der Waals surface area contributed by atoms with Gasteiger partial charge >= 0.3 is 0 Å². The van der Waals surface area contributed by atoms with Crippen LogP contribution in [0.15, 0.2) is 18.5 Å². The van der Waals surface area contributed by atoms with Crippen LogP contribution in [0.25, 0.3) is 0 Å². The van der Waals surface area contributed by atoms with E-state index < -0.39 is 0 Å². The number of pyridine rings is 1. The summed E-state index contributed by atoms with van der Waals surface area (Å²) in [5.41, 5.74) is 7.53. The molecule has 0 aromatic carbocycles. The van der Waals surface area contributed by atoms with Crippen LogP contribution in [-0.4, -0.2) is 31.8 Å². The Morgan fingerprint density at radius 2 is 2.19 bits per heavy atom. The maximum Gasteiger partial charge on any atom is 0.0570 e. The summed E-state index contributed by atoms with van der Waals surface area (Å²) in [5, 5.41) is 0. The van der Waals surface area contributed by atoms with Crippen molar-refractivity contribution in [2.45, 2.75) is 12.8 Å². The Bertz CT molecular complexity index is 337. The highest BCUT2D eigenvalue weighted by Gasteiger charge is 2.16. The summed E-state index contributed by atoms with van der Waals surface area (Å²) in [5.74, 6) is 0.722. The molecule has 2 heterocycles. The van der Waals surface area contributed by atoms with Gasteiger partial charge in [-0.2, -0.15) is 0 Å². The maximum absolute atomic E-state index is 5.72. The van der Waals surface area contributed by atoms with E-state index in [1.807, 2.05) is 12.3 Å². The molecule has 1 aliphatic rings. The third kappa shape index (κ3) is 2.85. The summed E-state index contributed by atoms with van der Waals surface area (Å²) >= 11 is 0. The summed E-state index contributed by atoms with van der Waals surface area (Å²) in [7, 11) is 2.09. The van der Waals surface area contributed by atoms with Crippen molar-refractivity contribution in [2.24, 2.45) is 5.92 Å². The fourth-order valence-corrected chi connectivity index (χ4v) is 2.08. The van der Waals surface area contributed by atoms with Crippen LogP contribution in [0.3, 0.4) is 0 Å². The average molecular weight is 221 g/mol. The molecule has 1 aromatic rings. The number of aromatic nitrogens is 1. The van der Waals surface area contributed by atoms with Gasteiger partial charge in [-0.25, -0.2) is 0 Å². The summed E-state index contributed by atoms with van der Waals surface area (Å²) in [6.45, 7) is 2.84. The third-order valence-corrected chi connectivity index (χ3v) is 3.06. The number of ether oxygens (including phenoxy) is 1. The summed E-state index contributed by atoms with van der Waals surface area (Å²) in [4.78, 5) is 6.33. The van der Waals surface area contributed by atoms with Crippen LogP contribution in [0.1, 0.15) is 12.8 Å². The second kappa shape index (κ2) is 5.16. The summed E-state index contributed by atoms with van der Waals surface area (Å²) < 4.78 is 5.36. The Hall–Kier alpha value is -1.29. The lowest BCUT2D eigenvalue weighted by atomic mass is 10.00. The first-order valence-electron chi connectivity index (χ1n) is 5.75. The Labute approximate surface area is 96.4 Å². The Morgan fingerprint density at radius 3 is 2.88 bits per heavy atom. The van der Waals surface area contributed by atoms with Crippen LogP contribution in [0, 0.1) is 5.92 Å². The van der Waals surface area contributed by atoms with E-state index in [2.05, 4.69) is 16.9 Å². The fourth-order valence-electron chi connectivity index (χ4n) is 2.08. The molecule has 16 heavy (non-hydrogen) atoms. The Balaban J connectivity index is 1.94. The third-order valence-electron chi connectivity index (χ3n) is 3.06. The number of nitrogen functional groups attached to an aromatic ring is 1. The zero-order valence-corrected chi connectivity index (χ0v) is 9.72. The van der Waals surface area contributed by atoms with Gasteiger partial charge in [0.1, 0.15) is 0 Å². The first kappa shape index (κ1) is 11.2. The van der Waals surface area contributed by atoms with E-state index in [1.165, 1.54) is 0 Å². The molecule has 0 amide bonds. The molecule has 0 bridgehead atoms. The molecule has 0 unspecified atom stereocenters. The number of nitrogens with zero attached hydrogens (tertiary/aromatic N) is 2. The highest BCUT2D eigenvalue weighted by atomic mass is 16.5. The van der Waals surface area contributed by atoms with E-state index in [-0.39, 0.29) is 0 Å². The predicted octanol–water partition coefficient (Wildman–Crippen LogP) is 1.53. The van der Waals surface area contributed by atoms with Crippen molar-refractivity contribution in [1.82, 2.24) is 4.98 Å². The van der Waals surface area contributed by atoms with Gasteiger partial charge in [0.2, 0.25) is 0 Å². The van der Waals surface area contributed by atoms with Gasteiger partial charge in [0.25, 0.3) is 0 Å². The molecule has 2 rings (SSSR count). The van der Waals surface area contributed by atoms with Gasteiger partial charge in [-0.05, 0) is 24.8 Å². The topological polar surface area (TPSA) is 51.4 Å². The molecule has 88 valence electrons. The molecular formula is C12H19N3O. The molecule has 4 heteroatoms. The summed E-state index contributed by atoms with van der Waals surface area (Å²) in [6.07, 6.45) is 5.83. The molecule has 1 aromatic heterocycles. The van der Waals surface area contributed by atoms with Gasteiger partial charge in [0.15, 0.2) is 0 Å². The van der Waals surface area contributed by atoms with E-state index in [0.29, 0.717) is 0 Å². The predicted molar refractivity (Wildman–Crippen MR) is 65.5 cm³/mol. The van der Waals surface area contributed by atoms with Crippen molar-refractivity contribution in [3.8, 4) is 0 Å².